The summed E-state index contributed by atoms with van der Waals surface area (Å²) < 4.78 is 25.2. The van der Waals surface area contributed by atoms with E-state index in [0.717, 1.165) is 31.5 Å². The van der Waals surface area contributed by atoms with Crippen molar-refractivity contribution in [3.05, 3.63) is 59.0 Å². The number of oxazole rings is 1. The summed E-state index contributed by atoms with van der Waals surface area (Å²) in [6.07, 6.45) is 4.16. The summed E-state index contributed by atoms with van der Waals surface area (Å²) in [5.41, 5.74) is 2.87. The molecule has 2 aromatic heterocycles. The zero-order chi connectivity index (χ0) is 21.1. The molecule has 1 aliphatic heterocycles. The van der Waals surface area contributed by atoms with Crippen LogP contribution in [0.15, 0.2) is 34.9 Å². The molecule has 0 bridgehead atoms. The summed E-state index contributed by atoms with van der Waals surface area (Å²) in [4.78, 5) is 28.9. The van der Waals surface area contributed by atoms with Crippen LogP contribution in [-0.2, 0) is 35.5 Å². The average molecular weight is 412 g/mol. The normalized spacial score (nSPS) is 13.0. The third-order valence-electron chi connectivity index (χ3n) is 4.99. The van der Waals surface area contributed by atoms with Gasteiger partial charge in [-0.2, -0.15) is 5.10 Å². The predicted octanol–water partition coefficient (Wildman–Crippen LogP) is 2.66. The molecule has 0 atom stereocenters. The van der Waals surface area contributed by atoms with Crippen LogP contribution in [0.3, 0.4) is 0 Å². The van der Waals surface area contributed by atoms with Crippen molar-refractivity contribution in [1.82, 2.24) is 20.1 Å². The number of halogens is 1. The smallest absolute Gasteiger partial charge is 0.341 e. The van der Waals surface area contributed by atoms with Gasteiger partial charge in [-0.25, -0.2) is 14.2 Å². The Bertz CT molecular complexity index is 1070. The first-order valence-electron chi connectivity index (χ1n) is 9.69. The van der Waals surface area contributed by atoms with Crippen LogP contribution in [0.1, 0.15) is 40.3 Å². The highest BCUT2D eigenvalue weighted by Gasteiger charge is 2.26. The molecule has 0 saturated carbocycles. The molecular formula is C21H21FN4O4. The van der Waals surface area contributed by atoms with Gasteiger partial charge in [0, 0.05) is 12.1 Å². The number of aromatic nitrogens is 3. The molecule has 156 valence electrons. The molecular weight excluding hydrogens is 391 g/mol. The maximum absolute atomic E-state index is 13.0. The van der Waals surface area contributed by atoms with Crippen LogP contribution in [0.25, 0.3) is 11.5 Å². The number of nitrogens with one attached hydrogen (secondary N) is 1. The van der Waals surface area contributed by atoms with Crippen molar-refractivity contribution in [3.8, 4) is 11.5 Å². The standard InChI is InChI=1S/C21H21FN4O4/c1-29-21(28)19-16(25-26-9-3-2-4-17(19)26)11-23-18(27)10-15-12-30-20(24-15)13-5-7-14(22)8-6-13/h5-8,12H,2-4,9-11H2,1H3,(H,23,27). The molecule has 0 radical (unpaired) electrons. The molecule has 0 aliphatic carbocycles. The molecule has 0 unspecified atom stereocenters. The van der Waals surface area contributed by atoms with Gasteiger partial charge in [-0.05, 0) is 43.5 Å². The fourth-order valence-corrected chi connectivity index (χ4v) is 3.53. The van der Waals surface area contributed by atoms with Gasteiger partial charge in [0.25, 0.3) is 0 Å². The Morgan fingerprint density at radius 3 is 2.83 bits per heavy atom. The van der Waals surface area contributed by atoms with E-state index in [-0.39, 0.29) is 24.7 Å². The Morgan fingerprint density at radius 1 is 1.27 bits per heavy atom. The average Bonchev–Trinajstić information content (AvgIpc) is 3.36. The van der Waals surface area contributed by atoms with E-state index in [1.54, 1.807) is 12.1 Å². The first kappa shape index (κ1) is 19.8. The zero-order valence-corrected chi connectivity index (χ0v) is 16.5. The van der Waals surface area contributed by atoms with E-state index in [2.05, 4.69) is 15.4 Å². The highest BCUT2D eigenvalue weighted by molar-refractivity contribution is 5.92. The Labute approximate surface area is 172 Å². The van der Waals surface area contributed by atoms with E-state index in [0.29, 0.717) is 28.4 Å². The lowest BCUT2D eigenvalue weighted by molar-refractivity contribution is -0.120. The van der Waals surface area contributed by atoms with Crippen LogP contribution in [-0.4, -0.2) is 33.8 Å². The number of rotatable bonds is 6. The van der Waals surface area contributed by atoms with Gasteiger partial charge in [0.15, 0.2) is 0 Å². The molecule has 30 heavy (non-hydrogen) atoms. The van der Waals surface area contributed by atoms with Gasteiger partial charge in [0.1, 0.15) is 17.6 Å². The summed E-state index contributed by atoms with van der Waals surface area (Å²) in [5.74, 6) is -0.761. The second kappa shape index (κ2) is 8.48. The quantitative estimate of drug-likeness (QED) is 0.625. The SMILES string of the molecule is COC(=O)c1c(CNC(=O)Cc2coc(-c3ccc(F)cc3)n2)nn2c1CCCC2. The van der Waals surface area contributed by atoms with Crippen LogP contribution in [0.5, 0.6) is 0 Å². The van der Waals surface area contributed by atoms with Gasteiger partial charge in [0.05, 0.1) is 37.2 Å². The maximum Gasteiger partial charge on any atom is 0.341 e. The van der Waals surface area contributed by atoms with Crippen molar-refractivity contribution < 1.29 is 23.1 Å². The van der Waals surface area contributed by atoms with Crippen molar-refractivity contribution >= 4 is 11.9 Å². The fourth-order valence-electron chi connectivity index (χ4n) is 3.53. The minimum absolute atomic E-state index is 0.00577. The van der Waals surface area contributed by atoms with E-state index in [9.17, 15) is 14.0 Å². The number of fused-ring (bicyclic) bond motifs is 1. The van der Waals surface area contributed by atoms with Crippen molar-refractivity contribution in [3.63, 3.8) is 0 Å². The molecule has 3 heterocycles. The number of hydrogen-bond donors (Lipinski definition) is 1. The number of nitrogens with zero attached hydrogens (tertiary/aromatic N) is 3. The fraction of sp³-hybridized carbons (Fsp3) is 0.333. The number of esters is 1. The summed E-state index contributed by atoms with van der Waals surface area (Å²) in [6.45, 7) is 0.865. The van der Waals surface area contributed by atoms with E-state index < -0.39 is 5.97 Å². The van der Waals surface area contributed by atoms with Gasteiger partial charge in [-0.15, -0.1) is 0 Å². The number of hydrogen-bond acceptors (Lipinski definition) is 6. The first-order chi connectivity index (χ1) is 14.5. The van der Waals surface area contributed by atoms with Crippen molar-refractivity contribution in [1.29, 1.82) is 0 Å². The lowest BCUT2D eigenvalue weighted by atomic mass is 10.0. The van der Waals surface area contributed by atoms with E-state index in [1.165, 1.54) is 25.5 Å². The molecule has 0 saturated heterocycles. The number of amides is 1. The van der Waals surface area contributed by atoms with Gasteiger partial charge in [-0.3, -0.25) is 9.48 Å². The van der Waals surface area contributed by atoms with Gasteiger partial charge in [-0.1, -0.05) is 0 Å². The molecule has 3 aromatic rings. The van der Waals surface area contributed by atoms with Gasteiger partial charge in [0.2, 0.25) is 11.8 Å². The van der Waals surface area contributed by atoms with Crippen molar-refractivity contribution in [2.24, 2.45) is 0 Å². The van der Waals surface area contributed by atoms with Gasteiger partial charge < -0.3 is 14.5 Å². The first-order valence-corrected chi connectivity index (χ1v) is 9.69. The summed E-state index contributed by atoms with van der Waals surface area (Å²) in [7, 11) is 1.33. The second-order valence-electron chi connectivity index (χ2n) is 7.04. The Kier molecular flexibility index (Phi) is 5.60. The Balaban J connectivity index is 1.41. The van der Waals surface area contributed by atoms with Crippen LogP contribution in [0, 0.1) is 5.82 Å². The molecule has 1 amide bonds. The van der Waals surface area contributed by atoms with Crippen LogP contribution in [0.2, 0.25) is 0 Å². The second-order valence-corrected chi connectivity index (χ2v) is 7.04. The Hall–Kier alpha value is -3.49. The predicted molar refractivity (Wildman–Crippen MR) is 104 cm³/mol. The van der Waals surface area contributed by atoms with Crippen LogP contribution >= 0.6 is 0 Å². The molecule has 0 spiro atoms. The molecule has 9 heteroatoms. The molecule has 8 nitrogen and oxygen atoms in total. The molecule has 1 N–H and O–H groups in total. The van der Waals surface area contributed by atoms with Gasteiger partial charge >= 0.3 is 5.97 Å². The largest absolute Gasteiger partial charge is 0.465 e. The highest BCUT2D eigenvalue weighted by Crippen LogP contribution is 2.23. The Morgan fingerprint density at radius 2 is 2.07 bits per heavy atom. The van der Waals surface area contributed by atoms with Crippen molar-refractivity contribution in [2.45, 2.75) is 38.8 Å². The summed E-state index contributed by atoms with van der Waals surface area (Å²) in [5, 5.41) is 7.26. The van der Waals surface area contributed by atoms with E-state index in [1.807, 2.05) is 4.68 Å². The third kappa shape index (κ3) is 4.10. The minimum atomic E-state index is -0.442. The lowest BCUT2D eigenvalue weighted by Gasteiger charge is -2.13. The van der Waals surface area contributed by atoms with Crippen LogP contribution < -0.4 is 5.32 Å². The number of benzene rings is 1. The van der Waals surface area contributed by atoms with E-state index >= 15 is 0 Å². The number of carbonyl (C=O) groups excluding carboxylic acids is 2. The summed E-state index contributed by atoms with van der Waals surface area (Å²) in [6, 6.07) is 5.74. The summed E-state index contributed by atoms with van der Waals surface area (Å²) >= 11 is 0. The number of carbonyl (C=O) groups is 2. The molecule has 0 fully saturated rings. The molecule has 1 aromatic carbocycles. The monoisotopic (exact) mass is 412 g/mol. The molecule has 1 aliphatic rings. The topological polar surface area (TPSA) is 99.2 Å². The van der Waals surface area contributed by atoms with Crippen molar-refractivity contribution in [2.75, 3.05) is 7.11 Å². The number of ether oxygens (including phenoxy) is 1. The number of methoxy groups -OCH3 is 1. The third-order valence-corrected chi connectivity index (χ3v) is 4.99. The lowest BCUT2D eigenvalue weighted by Crippen LogP contribution is -2.26. The minimum Gasteiger partial charge on any atom is -0.465 e. The van der Waals surface area contributed by atoms with Crippen LogP contribution in [0.4, 0.5) is 4.39 Å². The van der Waals surface area contributed by atoms with E-state index in [4.69, 9.17) is 9.15 Å². The number of aryl methyl sites for hydroxylation is 1. The zero-order valence-electron chi connectivity index (χ0n) is 16.5. The highest BCUT2D eigenvalue weighted by atomic mass is 19.1. The molecule has 4 rings (SSSR count). The maximum atomic E-state index is 13.0.